The third-order valence-electron chi connectivity index (χ3n) is 8.48. The second kappa shape index (κ2) is 37.2. The Morgan fingerprint density at radius 1 is 0.545 bits per heavy atom. The van der Waals surface area contributed by atoms with Crippen molar-refractivity contribution in [2.45, 2.75) is 142 Å². The van der Waals surface area contributed by atoms with Crippen molar-refractivity contribution in [2.75, 3.05) is 41.0 Å². The van der Waals surface area contributed by atoms with E-state index in [0.29, 0.717) is 12.8 Å². The molecule has 310 valence electrons. The minimum absolute atomic E-state index is 0.000814. The highest BCUT2D eigenvalue weighted by Gasteiger charge is 2.25. The number of carboxylic acid groups (broad SMARTS) is 1. The molecule has 2 atom stereocenters. The number of carbonyl (C=O) groups excluding carboxylic acids is 3. The summed E-state index contributed by atoms with van der Waals surface area (Å²) in [6.07, 6.45) is 48.8. The summed E-state index contributed by atoms with van der Waals surface area (Å²) in [5.74, 6) is -1.88. The van der Waals surface area contributed by atoms with Gasteiger partial charge in [-0.1, -0.05) is 130 Å². The van der Waals surface area contributed by atoms with Crippen LogP contribution in [0.1, 0.15) is 129 Å². The van der Waals surface area contributed by atoms with Gasteiger partial charge in [0.2, 0.25) is 0 Å². The number of carboxylic acids is 1. The van der Waals surface area contributed by atoms with Crippen LogP contribution in [0.4, 0.5) is 0 Å². The van der Waals surface area contributed by atoms with E-state index >= 15 is 0 Å². The molecule has 0 radical (unpaired) electrons. The predicted octanol–water partition coefficient (Wildman–Crippen LogP) is 9.79. The number of hydrogen-bond donors (Lipinski definition) is 0. The Morgan fingerprint density at radius 3 is 1.49 bits per heavy atom. The Kier molecular flexibility index (Phi) is 34.7. The van der Waals surface area contributed by atoms with Crippen molar-refractivity contribution in [1.82, 2.24) is 0 Å². The molecule has 0 N–H and O–H groups in total. The van der Waals surface area contributed by atoms with Gasteiger partial charge in [-0.2, -0.15) is 0 Å². The molecular weight excluding hydrogens is 691 g/mol. The van der Waals surface area contributed by atoms with E-state index in [2.05, 4.69) is 98.9 Å². The van der Waals surface area contributed by atoms with E-state index in [0.717, 1.165) is 89.9 Å². The molecule has 0 aliphatic carbocycles. The molecule has 0 bridgehead atoms. The molecule has 8 nitrogen and oxygen atoms in total. The van der Waals surface area contributed by atoms with Crippen molar-refractivity contribution in [3.8, 4) is 0 Å². The van der Waals surface area contributed by atoms with Gasteiger partial charge in [0, 0.05) is 19.3 Å². The molecule has 0 saturated carbocycles. The maximum Gasteiger partial charge on any atom is 0.306 e. The third-order valence-corrected chi connectivity index (χ3v) is 8.48. The Balaban J connectivity index is 4.55. The van der Waals surface area contributed by atoms with Crippen molar-refractivity contribution in [3.05, 3.63) is 97.2 Å². The van der Waals surface area contributed by atoms with Crippen LogP contribution in [-0.2, 0) is 28.6 Å². The highest BCUT2D eigenvalue weighted by molar-refractivity contribution is 5.70. The Labute approximate surface area is 335 Å². The molecule has 0 rings (SSSR count). The van der Waals surface area contributed by atoms with Crippen LogP contribution in [0.3, 0.4) is 0 Å². The summed E-state index contributed by atoms with van der Waals surface area (Å²) >= 11 is 0. The number of esters is 2. The van der Waals surface area contributed by atoms with Crippen LogP contribution in [0.25, 0.3) is 0 Å². The summed E-state index contributed by atoms with van der Waals surface area (Å²) in [5, 5.41) is 11.6. The van der Waals surface area contributed by atoms with Crippen LogP contribution >= 0.6 is 0 Å². The number of unbranched alkanes of at least 4 members (excludes halogenated alkanes) is 5. The van der Waals surface area contributed by atoms with E-state index < -0.39 is 24.1 Å². The number of carbonyl (C=O) groups is 3. The van der Waals surface area contributed by atoms with E-state index in [9.17, 15) is 19.5 Å². The quantitative estimate of drug-likeness (QED) is 0.0274. The summed E-state index contributed by atoms with van der Waals surface area (Å²) in [6.45, 7) is 4.31. The smallest absolute Gasteiger partial charge is 0.306 e. The van der Waals surface area contributed by atoms with Crippen LogP contribution in [0.2, 0.25) is 0 Å². The molecule has 8 heteroatoms. The van der Waals surface area contributed by atoms with Gasteiger partial charge in [0.25, 0.3) is 0 Å². The van der Waals surface area contributed by atoms with Crippen LogP contribution in [-0.4, -0.2) is 75.5 Å². The Bertz CT molecular complexity index is 1220. The molecule has 0 aliphatic rings. The van der Waals surface area contributed by atoms with Crippen LogP contribution < -0.4 is 5.11 Å². The van der Waals surface area contributed by atoms with Crippen molar-refractivity contribution >= 4 is 17.9 Å². The van der Waals surface area contributed by atoms with Gasteiger partial charge in [0.05, 0.1) is 40.3 Å². The summed E-state index contributed by atoms with van der Waals surface area (Å²) < 4.78 is 17.0. The fourth-order valence-electron chi connectivity index (χ4n) is 5.31. The van der Waals surface area contributed by atoms with Crippen molar-refractivity contribution < 1.29 is 38.2 Å². The molecule has 0 aromatic heterocycles. The van der Waals surface area contributed by atoms with Gasteiger partial charge in [-0.15, -0.1) is 0 Å². The normalized spacial score (nSPS) is 14.0. The van der Waals surface area contributed by atoms with Gasteiger partial charge in [-0.3, -0.25) is 9.59 Å². The number of ether oxygens (including phenoxy) is 3. The van der Waals surface area contributed by atoms with Crippen molar-refractivity contribution in [3.63, 3.8) is 0 Å². The summed E-state index contributed by atoms with van der Waals surface area (Å²) in [6, 6.07) is -0.746. The second-order valence-corrected chi connectivity index (χ2v) is 14.5. The van der Waals surface area contributed by atoms with E-state index in [1.807, 2.05) is 12.2 Å². The second-order valence-electron chi connectivity index (χ2n) is 14.5. The molecule has 0 heterocycles. The zero-order valence-electron chi connectivity index (χ0n) is 35.0. The van der Waals surface area contributed by atoms with Crippen LogP contribution in [0, 0.1) is 0 Å². The van der Waals surface area contributed by atoms with Crippen molar-refractivity contribution in [2.24, 2.45) is 0 Å². The van der Waals surface area contributed by atoms with E-state index in [1.165, 1.54) is 0 Å². The Hall–Kier alpha value is -3.75. The van der Waals surface area contributed by atoms with Gasteiger partial charge in [0.1, 0.15) is 12.6 Å². The van der Waals surface area contributed by atoms with Gasteiger partial charge in [-0.25, -0.2) is 0 Å². The average Bonchev–Trinajstić information content (AvgIpc) is 3.14. The zero-order valence-corrected chi connectivity index (χ0v) is 35.0. The Morgan fingerprint density at radius 2 is 1.00 bits per heavy atom. The van der Waals surface area contributed by atoms with Gasteiger partial charge in [0.15, 0.2) is 6.10 Å². The summed E-state index contributed by atoms with van der Waals surface area (Å²) in [5.41, 5.74) is 0. The fraction of sp³-hybridized carbons (Fsp3) is 0.596. The first-order valence-electron chi connectivity index (χ1n) is 20.8. The first-order valence-corrected chi connectivity index (χ1v) is 20.8. The van der Waals surface area contributed by atoms with Crippen molar-refractivity contribution in [1.29, 1.82) is 0 Å². The molecular formula is C47H75NO7. The molecule has 2 unspecified atom stereocenters. The van der Waals surface area contributed by atoms with Gasteiger partial charge >= 0.3 is 11.9 Å². The first-order chi connectivity index (χ1) is 26.6. The summed E-state index contributed by atoms with van der Waals surface area (Å²) in [4.78, 5) is 36.7. The largest absolute Gasteiger partial charge is 0.544 e. The van der Waals surface area contributed by atoms with E-state index in [1.54, 1.807) is 21.1 Å². The number of aliphatic carboxylic acids is 1. The molecule has 0 aliphatic heterocycles. The lowest BCUT2D eigenvalue weighted by atomic mass is 10.1. The maximum atomic E-state index is 12.7. The first kappa shape index (κ1) is 51.2. The molecule has 0 aromatic carbocycles. The number of likely N-dealkylation sites (N-methyl/N-ethyl adjacent to an activating group) is 1. The molecule has 0 saturated heterocycles. The molecule has 0 fully saturated rings. The lowest BCUT2D eigenvalue weighted by Crippen LogP contribution is -2.55. The molecule has 0 spiro atoms. The number of quaternary nitrogens is 1. The monoisotopic (exact) mass is 766 g/mol. The average molecular weight is 766 g/mol. The van der Waals surface area contributed by atoms with Gasteiger partial charge < -0.3 is 28.6 Å². The predicted molar refractivity (Wildman–Crippen MR) is 226 cm³/mol. The molecule has 55 heavy (non-hydrogen) atoms. The summed E-state index contributed by atoms with van der Waals surface area (Å²) in [7, 11) is 5.36. The maximum absolute atomic E-state index is 12.7. The molecule has 0 aromatic rings. The number of nitrogens with zero attached hydrogens (tertiary/aromatic N) is 1. The standard InChI is InChI=1S/C47H75NO7/c1-6-8-10-12-14-16-18-20-21-22-23-24-25-26-28-30-32-34-36-38-46(50)55-43(41-53-40-39-44(47(51)52)48(3,4)5)42-54-45(49)37-35-33-31-29-27-19-17-15-13-11-9-7-2/h8-11,14-17,20-21,23-24,26,28,32,34,43-44H,6-7,12-13,18-19,22,25,27,29-31,33,35-42H2,1-5H3/b10-8+,11-9+,16-14+,17-15+,21-20+,24-23+,28-26+,34-32+. The van der Waals surface area contributed by atoms with E-state index in [4.69, 9.17) is 14.2 Å². The SMILES string of the molecule is CC/C=C/C/C=C/C/C=C/C/C=C/C/C=C/C/C=C/CCC(=O)OC(COCCC(C(=O)[O-])[N+](C)(C)C)COC(=O)CCCCCCC/C=C/C/C=C/CC. The van der Waals surface area contributed by atoms with E-state index in [-0.39, 0.29) is 43.1 Å². The van der Waals surface area contributed by atoms with Gasteiger partial charge in [-0.05, 0) is 77.0 Å². The zero-order chi connectivity index (χ0) is 40.7. The van der Waals surface area contributed by atoms with Crippen LogP contribution in [0.5, 0.6) is 0 Å². The van der Waals surface area contributed by atoms with Crippen LogP contribution in [0.15, 0.2) is 97.2 Å². The third kappa shape index (κ3) is 35.7. The lowest BCUT2D eigenvalue weighted by Gasteiger charge is -2.34. The number of hydrogen-bond acceptors (Lipinski definition) is 7. The highest BCUT2D eigenvalue weighted by atomic mass is 16.6. The molecule has 0 amide bonds. The topological polar surface area (TPSA) is 102 Å². The highest BCUT2D eigenvalue weighted by Crippen LogP contribution is 2.11. The number of allylic oxidation sites excluding steroid dienone is 16. The fourth-order valence-corrected chi connectivity index (χ4v) is 5.31. The number of rotatable bonds is 35. The minimum atomic E-state index is -1.14. The minimum Gasteiger partial charge on any atom is -0.544 e. The lowest BCUT2D eigenvalue weighted by molar-refractivity contribution is -0.889.